The maximum absolute atomic E-state index is 11.6. The van der Waals surface area contributed by atoms with Crippen molar-refractivity contribution in [1.29, 1.82) is 0 Å². The molecule has 0 aliphatic heterocycles. The molecule has 0 aromatic heterocycles. The van der Waals surface area contributed by atoms with Crippen LogP contribution in [-0.4, -0.2) is 26.2 Å². The van der Waals surface area contributed by atoms with E-state index in [1.54, 1.807) is 42.5 Å². The highest BCUT2D eigenvalue weighted by Gasteiger charge is 2.09. The van der Waals surface area contributed by atoms with E-state index < -0.39 is 5.97 Å². The molecular weight excluding hydrogens is 294 g/mol. The molecule has 5 nitrogen and oxygen atoms in total. The van der Waals surface area contributed by atoms with Crippen LogP contribution in [0.2, 0.25) is 0 Å². The van der Waals surface area contributed by atoms with Gasteiger partial charge in [0, 0.05) is 5.69 Å². The Bertz CT molecular complexity index is 748. The van der Waals surface area contributed by atoms with E-state index in [-0.39, 0.29) is 5.97 Å². The van der Waals surface area contributed by atoms with Gasteiger partial charge in [0.2, 0.25) is 0 Å². The van der Waals surface area contributed by atoms with Crippen LogP contribution in [0.3, 0.4) is 0 Å². The Labute approximate surface area is 134 Å². The number of hydrogen-bond donors (Lipinski definition) is 1. The second-order valence-electron chi connectivity index (χ2n) is 4.79. The summed E-state index contributed by atoms with van der Waals surface area (Å²) in [4.78, 5) is 23.0. The van der Waals surface area contributed by atoms with Crippen LogP contribution < -0.4 is 5.73 Å². The van der Waals surface area contributed by atoms with E-state index in [2.05, 4.69) is 4.74 Å². The number of benzene rings is 2. The summed E-state index contributed by atoms with van der Waals surface area (Å²) >= 11 is 0. The fraction of sp³-hybridized carbons (Fsp3) is 0.111. The summed E-state index contributed by atoms with van der Waals surface area (Å²) in [6.45, 7) is 0. The highest BCUT2D eigenvalue weighted by Crippen LogP contribution is 2.17. The molecule has 0 aliphatic carbocycles. The van der Waals surface area contributed by atoms with Gasteiger partial charge < -0.3 is 15.2 Å². The number of nitrogens with two attached hydrogens (primary N) is 1. The maximum Gasteiger partial charge on any atom is 0.339 e. The number of hydrogen-bond acceptors (Lipinski definition) is 5. The third-order valence-corrected chi connectivity index (χ3v) is 3.28. The lowest BCUT2D eigenvalue weighted by atomic mass is 10.1. The minimum absolute atomic E-state index is 0.329. The van der Waals surface area contributed by atoms with Gasteiger partial charge in [-0.3, -0.25) is 0 Å². The Kier molecular flexibility index (Phi) is 5.15. The zero-order valence-corrected chi connectivity index (χ0v) is 12.9. The number of anilines is 1. The molecule has 118 valence electrons. The minimum Gasteiger partial charge on any atom is -0.465 e. The third kappa shape index (κ3) is 3.97. The average molecular weight is 311 g/mol. The molecule has 2 rings (SSSR count). The predicted molar refractivity (Wildman–Crippen MR) is 88.9 cm³/mol. The summed E-state index contributed by atoms with van der Waals surface area (Å²) in [6, 6.07) is 12.1. The van der Waals surface area contributed by atoms with Crippen molar-refractivity contribution in [3.8, 4) is 0 Å². The second-order valence-corrected chi connectivity index (χ2v) is 4.79. The maximum atomic E-state index is 11.6. The molecule has 0 saturated heterocycles. The molecule has 5 heteroatoms. The molecule has 2 aromatic rings. The Hall–Kier alpha value is -3.08. The predicted octanol–water partition coefficient (Wildman–Crippen LogP) is 3.01. The van der Waals surface area contributed by atoms with Crippen molar-refractivity contribution in [1.82, 2.24) is 0 Å². The molecule has 0 unspecified atom stereocenters. The molecular formula is C18H17NO4. The summed E-state index contributed by atoms with van der Waals surface area (Å²) in [5.74, 6) is -0.845. The van der Waals surface area contributed by atoms with Crippen molar-refractivity contribution >= 4 is 29.8 Å². The Morgan fingerprint density at radius 2 is 1.43 bits per heavy atom. The molecule has 2 N–H and O–H groups in total. The summed E-state index contributed by atoms with van der Waals surface area (Å²) in [5, 5.41) is 0. The molecule has 0 amide bonds. The quantitative estimate of drug-likeness (QED) is 0.533. The van der Waals surface area contributed by atoms with Gasteiger partial charge in [0.25, 0.3) is 0 Å². The first-order valence-corrected chi connectivity index (χ1v) is 6.89. The van der Waals surface area contributed by atoms with Crippen LogP contribution in [0.1, 0.15) is 31.8 Å². The van der Waals surface area contributed by atoms with E-state index in [0.717, 1.165) is 11.1 Å². The van der Waals surface area contributed by atoms with Crippen LogP contribution >= 0.6 is 0 Å². The zero-order valence-electron chi connectivity index (χ0n) is 12.9. The molecule has 0 spiro atoms. The van der Waals surface area contributed by atoms with Gasteiger partial charge in [-0.05, 0) is 35.4 Å². The minimum atomic E-state index is -0.472. The number of carbonyl (C=O) groups is 2. The normalized spacial score (nSPS) is 10.5. The number of rotatable bonds is 4. The average Bonchev–Trinajstić information content (AvgIpc) is 2.60. The van der Waals surface area contributed by atoms with Crippen molar-refractivity contribution in [3.63, 3.8) is 0 Å². The molecule has 0 radical (unpaired) electrons. The molecule has 0 bridgehead atoms. The van der Waals surface area contributed by atoms with Crippen LogP contribution in [-0.2, 0) is 9.47 Å². The van der Waals surface area contributed by atoms with Crippen molar-refractivity contribution in [2.24, 2.45) is 0 Å². The van der Waals surface area contributed by atoms with Crippen LogP contribution in [0.15, 0.2) is 42.5 Å². The van der Waals surface area contributed by atoms with Crippen LogP contribution in [0.4, 0.5) is 5.69 Å². The molecule has 0 atom stereocenters. The molecule has 0 aliphatic rings. The van der Waals surface area contributed by atoms with Crippen molar-refractivity contribution < 1.29 is 19.1 Å². The lowest BCUT2D eigenvalue weighted by molar-refractivity contribution is 0.0592. The topological polar surface area (TPSA) is 78.6 Å². The number of carbonyl (C=O) groups excluding carboxylic acids is 2. The molecule has 0 heterocycles. The number of methoxy groups -OCH3 is 2. The highest BCUT2D eigenvalue weighted by atomic mass is 16.5. The molecule has 2 aromatic carbocycles. The first kappa shape index (κ1) is 16.3. The van der Waals surface area contributed by atoms with E-state index in [9.17, 15) is 9.59 Å². The van der Waals surface area contributed by atoms with E-state index >= 15 is 0 Å². The smallest absolute Gasteiger partial charge is 0.339 e. The van der Waals surface area contributed by atoms with Gasteiger partial charge in [0.15, 0.2) is 0 Å². The van der Waals surface area contributed by atoms with Gasteiger partial charge in [-0.1, -0.05) is 30.4 Å². The monoisotopic (exact) mass is 311 g/mol. The van der Waals surface area contributed by atoms with E-state index in [4.69, 9.17) is 10.5 Å². The Morgan fingerprint density at radius 3 is 2.04 bits per heavy atom. The van der Waals surface area contributed by atoms with Crippen LogP contribution in [0.25, 0.3) is 12.2 Å². The van der Waals surface area contributed by atoms with Gasteiger partial charge in [-0.2, -0.15) is 0 Å². The largest absolute Gasteiger partial charge is 0.465 e. The summed E-state index contributed by atoms with van der Waals surface area (Å²) in [6.07, 6.45) is 3.71. The molecule has 23 heavy (non-hydrogen) atoms. The van der Waals surface area contributed by atoms with Crippen molar-refractivity contribution in [3.05, 3.63) is 64.7 Å². The van der Waals surface area contributed by atoms with Crippen LogP contribution in [0, 0.1) is 0 Å². The van der Waals surface area contributed by atoms with Crippen LogP contribution in [0.5, 0.6) is 0 Å². The van der Waals surface area contributed by atoms with Gasteiger partial charge in [-0.15, -0.1) is 0 Å². The first-order chi connectivity index (χ1) is 11.0. The lowest BCUT2D eigenvalue weighted by Gasteiger charge is -2.04. The van der Waals surface area contributed by atoms with Crippen molar-refractivity contribution in [2.45, 2.75) is 0 Å². The number of esters is 2. The second kappa shape index (κ2) is 7.26. The summed E-state index contributed by atoms with van der Waals surface area (Å²) in [7, 11) is 2.66. The Balaban J connectivity index is 2.20. The standard InChI is InChI=1S/C18H17NO4/c1-22-17(20)14-8-5-12(6-9-14)3-4-13-7-10-16(19)15(11-13)18(21)23-2/h3-11H,19H2,1-2H3. The molecule has 0 fully saturated rings. The summed E-state index contributed by atoms with van der Waals surface area (Å²) in [5.41, 5.74) is 8.68. The number of nitrogen functional groups attached to an aromatic ring is 1. The first-order valence-electron chi connectivity index (χ1n) is 6.89. The Morgan fingerprint density at radius 1 is 0.870 bits per heavy atom. The van der Waals surface area contributed by atoms with E-state index in [1.165, 1.54) is 14.2 Å². The fourth-order valence-corrected chi connectivity index (χ4v) is 2.00. The lowest BCUT2D eigenvalue weighted by Crippen LogP contribution is -2.05. The molecule has 0 saturated carbocycles. The van der Waals surface area contributed by atoms with E-state index in [1.807, 2.05) is 12.2 Å². The van der Waals surface area contributed by atoms with Gasteiger partial charge in [0.05, 0.1) is 25.3 Å². The zero-order chi connectivity index (χ0) is 16.8. The highest BCUT2D eigenvalue weighted by molar-refractivity contribution is 5.96. The number of ether oxygens (including phenoxy) is 2. The fourth-order valence-electron chi connectivity index (χ4n) is 2.00. The van der Waals surface area contributed by atoms with Gasteiger partial charge in [0.1, 0.15) is 0 Å². The third-order valence-electron chi connectivity index (χ3n) is 3.28. The van der Waals surface area contributed by atoms with E-state index in [0.29, 0.717) is 16.8 Å². The SMILES string of the molecule is COC(=O)c1ccc(C=Cc2ccc(N)c(C(=O)OC)c2)cc1. The summed E-state index contributed by atoms with van der Waals surface area (Å²) < 4.78 is 9.34. The van der Waals surface area contributed by atoms with Gasteiger partial charge >= 0.3 is 11.9 Å². The van der Waals surface area contributed by atoms with Gasteiger partial charge in [-0.25, -0.2) is 9.59 Å². The van der Waals surface area contributed by atoms with Crippen molar-refractivity contribution in [2.75, 3.05) is 20.0 Å².